The zero-order valence-corrected chi connectivity index (χ0v) is 14.0. The molecule has 1 aromatic heterocycles. The van der Waals surface area contributed by atoms with Crippen molar-refractivity contribution < 1.29 is 18.5 Å². The minimum Gasteiger partial charge on any atom is -0.361 e. The number of halogens is 1. The van der Waals surface area contributed by atoms with Gasteiger partial charge in [0.2, 0.25) is 5.91 Å². The second-order valence-electron chi connectivity index (χ2n) is 6.21. The largest absolute Gasteiger partial charge is 0.361 e. The summed E-state index contributed by atoms with van der Waals surface area (Å²) in [6.07, 6.45) is 1.78. The Morgan fingerprint density at radius 1 is 1.44 bits per heavy atom. The monoisotopic (exact) mass is 345 g/mol. The Bertz CT molecular complexity index is 774. The molecule has 6 nitrogen and oxygen atoms in total. The van der Waals surface area contributed by atoms with Gasteiger partial charge in [0.15, 0.2) is 5.69 Å². The fourth-order valence-corrected chi connectivity index (χ4v) is 3.06. The summed E-state index contributed by atoms with van der Waals surface area (Å²) in [6, 6.07) is 7.63. The second-order valence-corrected chi connectivity index (χ2v) is 6.21. The molecule has 1 saturated heterocycles. The van der Waals surface area contributed by atoms with Gasteiger partial charge in [-0.15, -0.1) is 0 Å². The number of nitrogens with zero attached hydrogens (tertiary/aromatic N) is 2. The third kappa shape index (κ3) is 4.23. The first-order valence-electron chi connectivity index (χ1n) is 8.28. The summed E-state index contributed by atoms with van der Waals surface area (Å²) in [5.41, 5.74) is 0.992. The lowest BCUT2D eigenvalue weighted by atomic mass is 10.0. The molecule has 2 aromatic rings. The Labute approximate surface area is 145 Å². The Hall–Kier alpha value is -2.70. The predicted octanol–water partition coefficient (Wildman–Crippen LogP) is 2.09. The van der Waals surface area contributed by atoms with Crippen molar-refractivity contribution in [2.24, 2.45) is 0 Å². The van der Waals surface area contributed by atoms with Crippen LogP contribution in [0.4, 0.5) is 4.39 Å². The number of amides is 2. The molecule has 0 spiro atoms. The van der Waals surface area contributed by atoms with Crippen LogP contribution in [0.1, 0.15) is 34.7 Å². The Morgan fingerprint density at radius 2 is 2.28 bits per heavy atom. The van der Waals surface area contributed by atoms with Gasteiger partial charge in [-0.05, 0) is 37.5 Å². The lowest BCUT2D eigenvalue weighted by Gasteiger charge is -2.28. The average molecular weight is 345 g/mol. The molecule has 2 amide bonds. The number of aryl methyl sites for hydroxylation is 1. The number of carbonyl (C=O) groups is 2. The average Bonchev–Trinajstić information content (AvgIpc) is 3.20. The molecule has 25 heavy (non-hydrogen) atoms. The predicted molar refractivity (Wildman–Crippen MR) is 88.4 cm³/mol. The molecule has 1 fully saturated rings. The molecule has 2 heterocycles. The number of likely N-dealkylation sites (tertiary alicyclic amines) is 1. The first kappa shape index (κ1) is 17.1. The van der Waals surface area contributed by atoms with E-state index in [-0.39, 0.29) is 35.9 Å². The number of hydrogen-bond acceptors (Lipinski definition) is 4. The number of rotatable bonds is 6. The fraction of sp³-hybridized carbons (Fsp3) is 0.389. The van der Waals surface area contributed by atoms with Crippen LogP contribution in [0.15, 0.2) is 34.9 Å². The van der Waals surface area contributed by atoms with Crippen LogP contribution in [0.3, 0.4) is 0 Å². The third-order valence-corrected chi connectivity index (χ3v) is 4.27. The van der Waals surface area contributed by atoms with Crippen LogP contribution in [-0.2, 0) is 11.2 Å². The zero-order chi connectivity index (χ0) is 17.8. The molecule has 1 N–H and O–H groups in total. The van der Waals surface area contributed by atoms with E-state index in [4.69, 9.17) is 4.52 Å². The van der Waals surface area contributed by atoms with Gasteiger partial charge in [-0.3, -0.25) is 9.59 Å². The highest BCUT2D eigenvalue weighted by atomic mass is 19.1. The maximum Gasteiger partial charge on any atom is 0.273 e. The fourth-order valence-electron chi connectivity index (χ4n) is 3.06. The summed E-state index contributed by atoms with van der Waals surface area (Å²) in [6.45, 7) is 2.63. The van der Waals surface area contributed by atoms with Crippen molar-refractivity contribution in [1.82, 2.24) is 15.4 Å². The highest BCUT2D eigenvalue weighted by Gasteiger charge is 2.28. The smallest absolute Gasteiger partial charge is 0.273 e. The van der Waals surface area contributed by atoms with Gasteiger partial charge in [-0.25, -0.2) is 4.39 Å². The van der Waals surface area contributed by atoms with E-state index < -0.39 is 0 Å². The summed E-state index contributed by atoms with van der Waals surface area (Å²) in [7, 11) is 0. The number of benzene rings is 1. The van der Waals surface area contributed by atoms with Gasteiger partial charge in [0, 0.05) is 25.6 Å². The summed E-state index contributed by atoms with van der Waals surface area (Å²) in [5, 5.41) is 6.48. The van der Waals surface area contributed by atoms with Crippen molar-refractivity contribution >= 4 is 11.8 Å². The van der Waals surface area contributed by atoms with Crippen molar-refractivity contribution in [2.75, 3.05) is 13.1 Å². The van der Waals surface area contributed by atoms with E-state index in [0.717, 1.165) is 12.0 Å². The van der Waals surface area contributed by atoms with Crippen molar-refractivity contribution in [3.05, 3.63) is 53.2 Å². The van der Waals surface area contributed by atoms with Gasteiger partial charge in [-0.1, -0.05) is 17.3 Å². The minimum absolute atomic E-state index is 0.0629. The molecule has 132 valence electrons. The summed E-state index contributed by atoms with van der Waals surface area (Å²) in [4.78, 5) is 26.0. The van der Waals surface area contributed by atoms with Gasteiger partial charge in [0.05, 0.1) is 6.04 Å². The molecule has 1 aliphatic heterocycles. The maximum absolute atomic E-state index is 13.4. The third-order valence-electron chi connectivity index (χ3n) is 4.27. The van der Waals surface area contributed by atoms with Crippen LogP contribution in [-0.4, -0.2) is 41.0 Å². The van der Waals surface area contributed by atoms with Gasteiger partial charge in [0.25, 0.3) is 5.91 Å². The minimum atomic E-state index is -0.354. The van der Waals surface area contributed by atoms with Gasteiger partial charge < -0.3 is 14.7 Å². The standard InChI is InChI=1S/C18H20FN3O3/c1-12-8-16(21-25-12)18(24)20-11-15(22-7-3-6-17(22)23)10-13-4-2-5-14(19)9-13/h2,4-5,8-9,15H,3,6-7,10-11H2,1H3,(H,20,24). The van der Waals surface area contributed by atoms with E-state index >= 15 is 0 Å². The van der Waals surface area contributed by atoms with Crippen molar-refractivity contribution in [3.63, 3.8) is 0 Å². The molecular formula is C18H20FN3O3. The summed E-state index contributed by atoms with van der Waals surface area (Å²) < 4.78 is 18.3. The normalized spacial score (nSPS) is 15.4. The SMILES string of the molecule is Cc1cc(C(=O)NCC(Cc2cccc(F)c2)N2CCCC2=O)no1. The van der Waals surface area contributed by atoms with Crippen LogP contribution < -0.4 is 5.32 Å². The maximum atomic E-state index is 13.4. The summed E-state index contributed by atoms with van der Waals surface area (Å²) in [5.74, 6) is -0.0528. The Kier molecular flexibility index (Phi) is 5.11. The van der Waals surface area contributed by atoms with Crippen LogP contribution in [0.5, 0.6) is 0 Å². The summed E-state index contributed by atoms with van der Waals surface area (Å²) >= 11 is 0. The molecule has 1 atom stereocenters. The molecule has 1 unspecified atom stereocenters. The number of aromatic nitrogens is 1. The van der Waals surface area contributed by atoms with E-state index in [2.05, 4.69) is 10.5 Å². The highest BCUT2D eigenvalue weighted by Crippen LogP contribution is 2.17. The molecule has 3 rings (SSSR count). The lowest BCUT2D eigenvalue weighted by molar-refractivity contribution is -0.129. The first-order chi connectivity index (χ1) is 12.0. The van der Waals surface area contributed by atoms with Crippen LogP contribution in [0.25, 0.3) is 0 Å². The molecular weight excluding hydrogens is 325 g/mol. The molecule has 0 saturated carbocycles. The van der Waals surface area contributed by atoms with Crippen molar-refractivity contribution in [2.45, 2.75) is 32.2 Å². The zero-order valence-electron chi connectivity index (χ0n) is 14.0. The Balaban J connectivity index is 1.70. The number of hydrogen-bond donors (Lipinski definition) is 1. The molecule has 0 bridgehead atoms. The highest BCUT2D eigenvalue weighted by molar-refractivity contribution is 5.92. The van der Waals surface area contributed by atoms with Crippen LogP contribution in [0.2, 0.25) is 0 Å². The van der Waals surface area contributed by atoms with Gasteiger partial charge in [0.1, 0.15) is 11.6 Å². The van der Waals surface area contributed by atoms with E-state index in [1.165, 1.54) is 12.1 Å². The lowest BCUT2D eigenvalue weighted by Crippen LogP contribution is -2.45. The molecule has 0 radical (unpaired) electrons. The first-order valence-corrected chi connectivity index (χ1v) is 8.28. The van der Waals surface area contributed by atoms with E-state index in [9.17, 15) is 14.0 Å². The van der Waals surface area contributed by atoms with Crippen molar-refractivity contribution in [3.8, 4) is 0 Å². The number of nitrogens with one attached hydrogen (secondary N) is 1. The van der Waals surface area contributed by atoms with Gasteiger partial charge >= 0.3 is 0 Å². The molecule has 1 aromatic carbocycles. The Morgan fingerprint density at radius 3 is 2.92 bits per heavy atom. The van der Waals surface area contributed by atoms with Gasteiger partial charge in [-0.2, -0.15) is 0 Å². The van der Waals surface area contributed by atoms with Crippen LogP contribution in [0, 0.1) is 12.7 Å². The second kappa shape index (κ2) is 7.46. The number of carbonyl (C=O) groups excluding carboxylic acids is 2. The molecule has 7 heteroatoms. The quantitative estimate of drug-likeness (QED) is 0.870. The van der Waals surface area contributed by atoms with Crippen molar-refractivity contribution in [1.29, 1.82) is 0 Å². The molecule has 1 aliphatic rings. The van der Waals surface area contributed by atoms with E-state index in [0.29, 0.717) is 25.1 Å². The van der Waals surface area contributed by atoms with E-state index in [1.54, 1.807) is 24.0 Å². The van der Waals surface area contributed by atoms with E-state index in [1.807, 2.05) is 6.07 Å². The molecule has 0 aliphatic carbocycles. The topological polar surface area (TPSA) is 75.4 Å². The van der Waals surface area contributed by atoms with Crippen LogP contribution >= 0.6 is 0 Å².